The number of hydrogen-bond donors (Lipinski definition) is 0. The molecule has 0 radical (unpaired) electrons. The van der Waals surface area contributed by atoms with Crippen molar-refractivity contribution in [3.8, 4) is 5.75 Å². The first-order valence-corrected chi connectivity index (χ1v) is 12.2. The van der Waals surface area contributed by atoms with Gasteiger partial charge in [0.15, 0.2) is 15.6 Å². The van der Waals surface area contributed by atoms with Gasteiger partial charge in [-0.1, -0.05) is 0 Å². The summed E-state index contributed by atoms with van der Waals surface area (Å²) in [4.78, 5) is 27.1. The summed E-state index contributed by atoms with van der Waals surface area (Å²) in [5, 5.41) is 10.8. The molecule has 2 aromatic carbocycles. The van der Waals surface area contributed by atoms with Crippen LogP contribution in [0.5, 0.6) is 5.75 Å². The fourth-order valence-electron chi connectivity index (χ4n) is 3.73. The van der Waals surface area contributed by atoms with Crippen LogP contribution in [0, 0.1) is 10.1 Å². The van der Waals surface area contributed by atoms with Gasteiger partial charge in [0, 0.05) is 44.0 Å². The molecule has 1 fully saturated rings. The van der Waals surface area contributed by atoms with Gasteiger partial charge in [-0.25, -0.2) is 8.42 Å². The van der Waals surface area contributed by atoms with Crippen molar-refractivity contribution >= 4 is 27.1 Å². The van der Waals surface area contributed by atoms with Crippen molar-refractivity contribution in [3.05, 3.63) is 82.3 Å². The maximum atomic E-state index is 12.9. The first-order valence-electron chi connectivity index (χ1n) is 10.5. The van der Waals surface area contributed by atoms with Gasteiger partial charge in [-0.2, -0.15) is 0 Å². The number of nitro benzene ring substituents is 1. The number of hydrogen-bond acceptors (Lipinski definition) is 8. The van der Waals surface area contributed by atoms with Crippen molar-refractivity contribution in [2.24, 2.45) is 0 Å². The van der Waals surface area contributed by atoms with Gasteiger partial charge in [-0.05, 0) is 48.5 Å². The molecule has 0 atom stereocenters. The smallest absolute Gasteiger partial charge is 0.289 e. The van der Waals surface area contributed by atoms with E-state index in [1.807, 2.05) is 4.90 Å². The minimum absolute atomic E-state index is 0.0280. The van der Waals surface area contributed by atoms with Gasteiger partial charge in [0.05, 0.1) is 16.9 Å². The number of amides is 1. The number of carbonyl (C=O) groups excluding carboxylic acids is 1. The second-order valence-corrected chi connectivity index (χ2v) is 9.74. The third-order valence-corrected chi connectivity index (χ3v) is 7.27. The Morgan fingerprint density at radius 3 is 2.24 bits per heavy atom. The van der Waals surface area contributed by atoms with Crippen LogP contribution in [0.3, 0.4) is 0 Å². The highest BCUT2D eigenvalue weighted by atomic mass is 32.2. The maximum absolute atomic E-state index is 12.9. The van der Waals surface area contributed by atoms with E-state index in [-0.39, 0.29) is 33.8 Å². The molecule has 0 spiro atoms. The van der Waals surface area contributed by atoms with E-state index in [0.29, 0.717) is 31.9 Å². The van der Waals surface area contributed by atoms with E-state index in [9.17, 15) is 23.3 Å². The lowest BCUT2D eigenvalue weighted by molar-refractivity contribution is -0.384. The lowest BCUT2D eigenvalue weighted by Gasteiger charge is -2.35. The number of rotatable bonds is 7. The van der Waals surface area contributed by atoms with Crippen LogP contribution in [0.25, 0.3) is 0 Å². The first kappa shape index (κ1) is 23.3. The van der Waals surface area contributed by atoms with Crippen LogP contribution in [0.15, 0.2) is 70.0 Å². The van der Waals surface area contributed by atoms with E-state index in [1.54, 1.807) is 29.2 Å². The molecule has 0 unspecified atom stereocenters. The fraction of sp³-hybridized carbons (Fsp3) is 0.261. The second kappa shape index (κ2) is 9.56. The molecule has 0 bridgehead atoms. The van der Waals surface area contributed by atoms with Gasteiger partial charge in [0.2, 0.25) is 0 Å². The normalized spacial score (nSPS) is 14.1. The molecule has 1 saturated heterocycles. The molecule has 4 rings (SSSR count). The number of furan rings is 1. The van der Waals surface area contributed by atoms with Crippen molar-refractivity contribution in [2.75, 3.05) is 38.2 Å². The van der Waals surface area contributed by atoms with Gasteiger partial charge >= 0.3 is 0 Å². The Hall–Kier alpha value is -3.86. The highest BCUT2D eigenvalue weighted by Crippen LogP contribution is 2.23. The zero-order valence-electron chi connectivity index (χ0n) is 18.4. The number of methoxy groups -OCH3 is 1. The van der Waals surface area contributed by atoms with E-state index in [1.165, 1.54) is 43.5 Å². The minimum atomic E-state index is -3.64. The molecule has 0 N–H and O–H groups in total. The monoisotopic (exact) mass is 485 g/mol. The summed E-state index contributed by atoms with van der Waals surface area (Å²) in [6.45, 7) is 2.00. The number of anilines is 1. The Morgan fingerprint density at radius 1 is 1.00 bits per heavy atom. The molecule has 0 aliphatic carbocycles. The van der Waals surface area contributed by atoms with Crippen LogP contribution in [-0.2, 0) is 15.6 Å². The first-order chi connectivity index (χ1) is 16.3. The molecule has 0 saturated carbocycles. The molecule has 34 heavy (non-hydrogen) atoms. The Labute approximate surface area is 196 Å². The number of benzene rings is 2. The van der Waals surface area contributed by atoms with E-state index in [4.69, 9.17) is 9.15 Å². The summed E-state index contributed by atoms with van der Waals surface area (Å²) in [6, 6.07) is 15.4. The fourth-order valence-corrected chi connectivity index (χ4v) is 4.98. The third-order valence-electron chi connectivity index (χ3n) is 5.62. The molecule has 11 heteroatoms. The van der Waals surface area contributed by atoms with Crippen molar-refractivity contribution in [3.63, 3.8) is 0 Å². The van der Waals surface area contributed by atoms with Gasteiger partial charge in [-0.15, -0.1) is 0 Å². The number of non-ortho nitro benzene ring substituents is 1. The van der Waals surface area contributed by atoms with Gasteiger partial charge in [0.25, 0.3) is 11.6 Å². The summed E-state index contributed by atoms with van der Waals surface area (Å²) in [7, 11) is -2.14. The number of piperazine rings is 1. The van der Waals surface area contributed by atoms with Crippen LogP contribution in [0.2, 0.25) is 0 Å². The molecule has 3 aromatic rings. The standard InChI is InChI=1S/C23H23N3O7S/c1-32-19-6-9-21(10-7-19)34(30,31)16-20-8-11-22(33-20)23(27)25-14-12-24(13-15-25)17-2-4-18(5-3-17)26(28)29/h2-11H,12-16H2,1H3. The lowest BCUT2D eigenvalue weighted by Crippen LogP contribution is -2.48. The highest BCUT2D eigenvalue weighted by Gasteiger charge is 2.26. The molecule has 1 aromatic heterocycles. The molecule has 2 heterocycles. The van der Waals surface area contributed by atoms with Gasteiger partial charge in [0.1, 0.15) is 17.3 Å². The van der Waals surface area contributed by atoms with Gasteiger partial charge in [-0.3, -0.25) is 14.9 Å². The molecule has 1 amide bonds. The van der Waals surface area contributed by atoms with Crippen LogP contribution >= 0.6 is 0 Å². The number of sulfone groups is 1. The highest BCUT2D eigenvalue weighted by molar-refractivity contribution is 7.90. The predicted molar refractivity (Wildman–Crippen MR) is 124 cm³/mol. The second-order valence-electron chi connectivity index (χ2n) is 7.75. The van der Waals surface area contributed by atoms with Crippen LogP contribution < -0.4 is 9.64 Å². The van der Waals surface area contributed by atoms with Crippen molar-refractivity contribution in [2.45, 2.75) is 10.6 Å². The van der Waals surface area contributed by atoms with Crippen LogP contribution in [0.4, 0.5) is 11.4 Å². The summed E-state index contributed by atoms with van der Waals surface area (Å²) in [6.07, 6.45) is 0. The molecule has 178 valence electrons. The SMILES string of the molecule is COc1ccc(S(=O)(=O)Cc2ccc(C(=O)N3CCN(c4ccc([N+](=O)[O-])cc4)CC3)o2)cc1. The van der Waals surface area contributed by atoms with Crippen molar-refractivity contribution in [1.29, 1.82) is 0 Å². The third kappa shape index (κ3) is 5.04. The maximum Gasteiger partial charge on any atom is 0.289 e. The Bertz CT molecular complexity index is 1280. The van der Waals surface area contributed by atoms with E-state index in [0.717, 1.165) is 5.69 Å². The van der Waals surface area contributed by atoms with E-state index >= 15 is 0 Å². The molecular formula is C23H23N3O7S. The number of ether oxygens (including phenoxy) is 1. The molecule has 1 aliphatic heterocycles. The van der Waals surface area contributed by atoms with Crippen LogP contribution in [0.1, 0.15) is 16.3 Å². The quantitative estimate of drug-likeness (QED) is 0.369. The average molecular weight is 486 g/mol. The number of nitrogens with zero attached hydrogens (tertiary/aromatic N) is 3. The van der Waals surface area contributed by atoms with E-state index in [2.05, 4.69) is 0 Å². The van der Waals surface area contributed by atoms with Crippen LogP contribution in [-0.4, -0.2) is 57.4 Å². The predicted octanol–water partition coefficient (Wildman–Crippen LogP) is 3.13. The Balaban J connectivity index is 1.36. The zero-order chi connectivity index (χ0) is 24.3. The summed E-state index contributed by atoms with van der Waals surface area (Å²) >= 11 is 0. The molecule has 1 aliphatic rings. The lowest BCUT2D eigenvalue weighted by atomic mass is 10.2. The summed E-state index contributed by atoms with van der Waals surface area (Å²) in [5.41, 5.74) is 0.877. The zero-order valence-corrected chi connectivity index (χ0v) is 19.2. The topological polar surface area (TPSA) is 123 Å². The Kier molecular flexibility index (Phi) is 6.55. The molecular weight excluding hydrogens is 462 g/mol. The van der Waals surface area contributed by atoms with Crippen molar-refractivity contribution in [1.82, 2.24) is 4.90 Å². The average Bonchev–Trinajstić information content (AvgIpc) is 3.31. The largest absolute Gasteiger partial charge is 0.497 e. The minimum Gasteiger partial charge on any atom is -0.497 e. The number of nitro groups is 1. The van der Waals surface area contributed by atoms with Gasteiger partial charge < -0.3 is 19.0 Å². The summed E-state index contributed by atoms with van der Waals surface area (Å²) < 4.78 is 36.0. The number of carbonyl (C=O) groups is 1. The van der Waals surface area contributed by atoms with Crippen molar-refractivity contribution < 1.29 is 27.3 Å². The van der Waals surface area contributed by atoms with E-state index < -0.39 is 14.8 Å². The molecule has 10 nitrogen and oxygen atoms in total. The summed E-state index contributed by atoms with van der Waals surface area (Å²) in [5.74, 6) is 0.155. The Morgan fingerprint density at radius 2 is 1.65 bits per heavy atom.